The molecule has 1 aromatic heterocycles. The van der Waals surface area contributed by atoms with Gasteiger partial charge in [0.05, 0.1) is 0 Å². The van der Waals surface area contributed by atoms with Gasteiger partial charge < -0.3 is 14.7 Å². The summed E-state index contributed by atoms with van der Waals surface area (Å²) in [4.78, 5) is 14.4. The molecule has 1 saturated heterocycles. The Morgan fingerprint density at radius 1 is 1.39 bits per heavy atom. The second-order valence-corrected chi connectivity index (χ2v) is 5.27. The topological polar surface area (TPSA) is 58.4 Å². The third-order valence-corrected chi connectivity index (χ3v) is 3.82. The molecule has 0 bridgehead atoms. The Kier molecular flexibility index (Phi) is 3.32. The molecular formula is C13H19N3O2. The van der Waals surface area contributed by atoms with Crippen molar-refractivity contribution < 1.29 is 9.32 Å². The molecule has 1 saturated carbocycles. The fourth-order valence-electron chi connectivity index (χ4n) is 2.60. The summed E-state index contributed by atoms with van der Waals surface area (Å²) in [7, 11) is 0. The summed E-state index contributed by atoms with van der Waals surface area (Å²) in [5.74, 6) is 0.660. The van der Waals surface area contributed by atoms with Crippen molar-refractivity contribution in [3.05, 3.63) is 18.0 Å². The lowest BCUT2D eigenvalue weighted by Crippen LogP contribution is -2.40. The van der Waals surface area contributed by atoms with Crippen molar-refractivity contribution in [1.29, 1.82) is 0 Å². The summed E-state index contributed by atoms with van der Waals surface area (Å²) >= 11 is 0. The van der Waals surface area contributed by atoms with Gasteiger partial charge in [-0.05, 0) is 44.7 Å². The number of piperidine rings is 1. The van der Waals surface area contributed by atoms with Crippen molar-refractivity contribution in [3.8, 4) is 0 Å². The maximum atomic E-state index is 12.3. The van der Waals surface area contributed by atoms with E-state index in [2.05, 4.69) is 10.5 Å². The van der Waals surface area contributed by atoms with Gasteiger partial charge in [-0.15, -0.1) is 0 Å². The highest BCUT2D eigenvalue weighted by Crippen LogP contribution is 2.30. The van der Waals surface area contributed by atoms with Crippen molar-refractivity contribution in [1.82, 2.24) is 15.4 Å². The minimum Gasteiger partial charge on any atom is -0.364 e. The minimum atomic E-state index is 0.0322. The zero-order valence-electron chi connectivity index (χ0n) is 10.5. The molecule has 5 nitrogen and oxygen atoms in total. The highest BCUT2D eigenvalue weighted by molar-refractivity contribution is 5.92. The maximum Gasteiger partial charge on any atom is 0.276 e. The number of hydrogen-bond donors (Lipinski definition) is 1. The maximum absolute atomic E-state index is 12.3. The first kappa shape index (κ1) is 11.7. The van der Waals surface area contributed by atoms with Crippen LogP contribution in [0.2, 0.25) is 0 Å². The summed E-state index contributed by atoms with van der Waals surface area (Å²) in [6, 6.07) is 2.09. The predicted molar refractivity (Wildman–Crippen MR) is 66.2 cm³/mol. The molecule has 18 heavy (non-hydrogen) atoms. The fourth-order valence-corrected chi connectivity index (χ4v) is 2.60. The molecule has 1 amide bonds. The smallest absolute Gasteiger partial charge is 0.276 e. The van der Waals surface area contributed by atoms with E-state index < -0.39 is 0 Å². The van der Waals surface area contributed by atoms with Crippen LogP contribution in [0, 0.1) is 5.92 Å². The third kappa shape index (κ3) is 2.56. The quantitative estimate of drug-likeness (QED) is 0.873. The number of amides is 1. The van der Waals surface area contributed by atoms with Gasteiger partial charge in [0.15, 0.2) is 5.69 Å². The number of aromatic nitrogens is 1. The molecule has 3 rings (SSSR count). The van der Waals surface area contributed by atoms with Crippen LogP contribution in [-0.2, 0) is 0 Å². The lowest BCUT2D eigenvalue weighted by Gasteiger charge is -2.29. The normalized spacial score (nSPS) is 20.9. The minimum absolute atomic E-state index is 0.0322. The van der Waals surface area contributed by atoms with Crippen molar-refractivity contribution in [2.75, 3.05) is 19.6 Å². The van der Waals surface area contributed by atoms with Crippen LogP contribution < -0.4 is 5.32 Å². The fraction of sp³-hybridized carbons (Fsp3) is 0.692. The monoisotopic (exact) mass is 249 g/mol. The van der Waals surface area contributed by atoms with Crippen LogP contribution in [-0.4, -0.2) is 41.6 Å². The number of carbonyl (C=O) groups is 1. The summed E-state index contributed by atoms with van der Waals surface area (Å²) in [6.45, 7) is 3.01. The van der Waals surface area contributed by atoms with E-state index in [0.717, 1.165) is 45.3 Å². The molecule has 5 heteroatoms. The Balaban J connectivity index is 1.66. The van der Waals surface area contributed by atoms with Gasteiger partial charge >= 0.3 is 0 Å². The van der Waals surface area contributed by atoms with Crippen molar-refractivity contribution in [3.63, 3.8) is 0 Å². The SMILES string of the molecule is O=C(c1ccon1)N(CC1CCNCC1)C1CC1. The van der Waals surface area contributed by atoms with Gasteiger partial charge in [0.2, 0.25) is 0 Å². The Labute approximate surface area is 107 Å². The Morgan fingerprint density at radius 2 is 2.17 bits per heavy atom. The molecule has 0 atom stereocenters. The van der Waals surface area contributed by atoms with Crippen LogP contribution in [0.1, 0.15) is 36.2 Å². The van der Waals surface area contributed by atoms with Crippen LogP contribution >= 0.6 is 0 Å². The lowest BCUT2D eigenvalue weighted by atomic mass is 9.97. The molecule has 2 heterocycles. The summed E-state index contributed by atoms with van der Waals surface area (Å²) in [5.41, 5.74) is 0.441. The molecular weight excluding hydrogens is 230 g/mol. The molecule has 1 aliphatic carbocycles. The molecule has 0 unspecified atom stereocenters. The van der Waals surface area contributed by atoms with Gasteiger partial charge in [-0.2, -0.15) is 0 Å². The first-order chi connectivity index (χ1) is 8.84. The van der Waals surface area contributed by atoms with E-state index in [0.29, 0.717) is 17.7 Å². The zero-order chi connectivity index (χ0) is 12.4. The largest absolute Gasteiger partial charge is 0.364 e. The predicted octanol–water partition coefficient (Wildman–Crippen LogP) is 1.28. The van der Waals surface area contributed by atoms with E-state index in [4.69, 9.17) is 4.52 Å². The van der Waals surface area contributed by atoms with Crippen LogP contribution in [0.5, 0.6) is 0 Å². The zero-order valence-corrected chi connectivity index (χ0v) is 10.5. The molecule has 0 aromatic carbocycles. The highest BCUT2D eigenvalue weighted by atomic mass is 16.5. The van der Waals surface area contributed by atoms with E-state index in [1.807, 2.05) is 4.90 Å². The number of carbonyl (C=O) groups excluding carboxylic acids is 1. The van der Waals surface area contributed by atoms with Crippen LogP contribution in [0.4, 0.5) is 0 Å². The Hall–Kier alpha value is -1.36. The Morgan fingerprint density at radius 3 is 2.78 bits per heavy atom. The molecule has 0 spiro atoms. The number of nitrogens with zero attached hydrogens (tertiary/aromatic N) is 2. The van der Waals surface area contributed by atoms with Gasteiger partial charge in [0.25, 0.3) is 5.91 Å². The number of nitrogens with one attached hydrogen (secondary N) is 1. The van der Waals surface area contributed by atoms with Crippen molar-refractivity contribution >= 4 is 5.91 Å². The molecule has 1 aliphatic heterocycles. The average molecular weight is 249 g/mol. The standard InChI is InChI=1S/C13H19N3O2/c17-13(12-5-8-18-15-12)16(11-1-2-11)9-10-3-6-14-7-4-10/h5,8,10-11,14H,1-4,6-7,9H2. The summed E-state index contributed by atoms with van der Waals surface area (Å²) in [6.07, 6.45) is 6.05. The van der Waals surface area contributed by atoms with Crippen LogP contribution in [0.25, 0.3) is 0 Å². The van der Waals surface area contributed by atoms with Crippen molar-refractivity contribution in [2.24, 2.45) is 5.92 Å². The highest BCUT2D eigenvalue weighted by Gasteiger charge is 2.35. The van der Waals surface area contributed by atoms with Gasteiger partial charge in [-0.1, -0.05) is 5.16 Å². The average Bonchev–Trinajstić information content (AvgIpc) is 3.10. The summed E-state index contributed by atoms with van der Waals surface area (Å²) < 4.78 is 4.77. The lowest BCUT2D eigenvalue weighted by molar-refractivity contribution is 0.0691. The third-order valence-electron chi connectivity index (χ3n) is 3.82. The van der Waals surface area contributed by atoms with Crippen molar-refractivity contribution in [2.45, 2.75) is 31.7 Å². The molecule has 1 aromatic rings. The molecule has 2 fully saturated rings. The van der Waals surface area contributed by atoms with Crippen LogP contribution in [0.15, 0.2) is 16.9 Å². The van der Waals surface area contributed by atoms with Gasteiger partial charge in [-0.25, -0.2) is 0 Å². The number of rotatable bonds is 4. The second kappa shape index (κ2) is 5.10. The van der Waals surface area contributed by atoms with Gasteiger partial charge in [0.1, 0.15) is 6.26 Å². The Bertz CT molecular complexity index is 394. The molecule has 0 radical (unpaired) electrons. The van der Waals surface area contributed by atoms with E-state index in [1.54, 1.807) is 6.07 Å². The van der Waals surface area contributed by atoms with E-state index >= 15 is 0 Å². The van der Waals surface area contributed by atoms with Gasteiger partial charge in [0, 0.05) is 18.7 Å². The van der Waals surface area contributed by atoms with E-state index in [1.165, 1.54) is 6.26 Å². The molecule has 1 N–H and O–H groups in total. The van der Waals surface area contributed by atoms with E-state index in [-0.39, 0.29) is 5.91 Å². The molecule has 98 valence electrons. The second-order valence-electron chi connectivity index (χ2n) is 5.27. The van der Waals surface area contributed by atoms with Gasteiger partial charge in [-0.3, -0.25) is 4.79 Å². The number of hydrogen-bond acceptors (Lipinski definition) is 4. The first-order valence-electron chi connectivity index (χ1n) is 6.76. The molecule has 2 aliphatic rings. The van der Waals surface area contributed by atoms with Crippen LogP contribution in [0.3, 0.4) is 0 Å². The first-order valence-corrected chi connectivity index (χ1v) is 6.76. The van der Waals surface area contributed by atoms with E-state index in [9.17, 15) is 4.79 Å². The summed E-state index contributed by atoms with van der Waals surface area (Å²) in [5, 5.41) is 7.12.